The second kappa shape index (κ2) is 7.53. The van der Waals surface area contributed by atoms with Crippen LogP contribution in [-0.2, 0) is 0 Å². The molecule has 0 aromatic carbocycles. The van der Waals surface area contributed by atoms with Crippen LogP contribution >= 0.6 is 0 Å². The molecule has 0 heterocycles. The molecule has 0 amide bonds. The van der Waals surface area contributed by atoms with Crippen molar-refractivity contribution in [1.82, 2.24) is 0 Å². The maximum absolute atomic E-state index is 4.14. The number of rotatable bonds is 1. The summed E-state index contributed by atoms with van der Waals surface area (Å²) in [4.78, 5) is 0. The Morgan fingerprint density at radius 2 is 2.00 bits per heavy atom. The van der Waals surface area contributed by atoms with Crippen LogP contribution in [0.4, 0.5) is 0 Å². The van der Waals surface area contributed by atoms with Crippen LogP contribution in [0, 0.1) is 11.8 Å². The molecule has 0 saturated carbocycles. The molecule has 0 fully saturated rings. The molecular weight excluding hydrogens is 204 g/mol. The SMILES string of the molecule is C=C1/C=C\C(C(C)C)CCCC/C(C)=C\CC1. The Kier molecular flexibility index (Phi) is 6.32. The molecule has 1 unspecified atom stereocenters. The van der Waals surface area contributed by atoms with E-state index in [4.69, 9.17) is 0 Å². The molecule has 1 rings (SSSR count). The molecule has 17 heavy (non-hydrogen) atoms. The highest BCUT2D eigenvalue weighted by Crippen LogP contribution is 2.23. The van der Waals surface area contributed by atoms with Crippen molar-refractivity contribution in [3.8, 4) is 0 Å². The third kappa shape index (κ3) is 5.91. The smallest absolute Gasteiger partial charge is 0.0207 e. The first-order valence-electron chi connectivity index (χ1n) is 7.11. The van der Waals surface area contributed by atoms with Crippen LogP contribution in [-0.4, -0.2) is 0 Å². The topological polar surface area (TPSA) is 0 Å². The Morgan fingerprint density at radius 1 is 1.24 bits per heavy atom. The lowest BCUT2D eigenvalue weighted by Gasteiger charge is -2.17. The fraction of sp³-hybridized carbons (Fsp3) is 0.647. The fourth-order valence-corrected chi connectivity index (χ4v) is 2.38. The molecule has 1 aliphatic rings. The van der Waals surface area contributed by atoms with Gasteiger partial charge in [-0.1, -0.05) is 56.2 Å². The highest BCUT2D eigenvalue weighted by Gasteiger charge is 2.09. The predicted molar refractivity (Wildman–Crippen MR) is 78.1 cm³/mol. The van der Waals surface area contributed by atoms with Crippen LogP contribution in [0.3, 0.4) is 0 Å². The highest BCUT2D eigenvalue weighted by molar-refractivity contribution is 5.16. The van der Waals surface area contributed by atoms with E-state index in [0.717, 1.165) is 24.7 Å². The Hall–Kier alpha value is -0.780. The van der Waals surface area contributed by atoms with Gasteiger partial charge in [0.05, 0.1) is 0 Å². The zero-order chi connectivity index (χ0) is 12.7. The van der Waals surface area contributed by atoms with Crippen molar-refractivity contribution < 1.29 is 0 Å². The van der Waals surface area contributed by atoms with E-state index < -0.39 is 0 Å². The summed E-state index contributed by atoms with van der Waals surface area (Å²) in [7, 11) is 0. The van der Waals surface area contributed by atoms with Crippen molar-refractivity contribution in [2.45, 2.75) is 59.3 Å². The van der Waals surface area contributed by atoms with E-state index in [1.54, 1.807) is 5.57 Å². The van der Waals surface area contributed by atoms with E-state index in [9.17, 15) is 0 Å². The molecule has 1 aliphatic carbocycles. The van der Waals surface area contributed by atoms with Gasteiger partial charge in [0.1, 0.15) is 0 Å². The van der Waals surface area contributed by atoms with Crippen LogP contribution in [0.2, 0.25) is 0 Å². The Morgan fingerprint density at radius 3 is 2.71 bits per heavy atom. The summed E-state index contributed by atoms with van der Waals surface area (Å²) in [5.74, 6) is 1.48. The highest BCUT2D eigenvalue weighted by atomic mass is 14.1. The number of hydrogen-bond donors (Lipinski definition) is 0. The van der Waals surface area contributed by atoms with Crippen molar-refractivity contribution in [3.63, 3.8) is 0 Å². The van der Waals surface area contributed by atoms with E-state index in [-0.39, 0.29) is 0 Å². The average Bonchev–Trinajstić information content (AvgIpc) is 2.25. The molecule has 0 N–H and O–H groups in total. The quantitative estimate of drug-likeness (QED) is 0.511. The molecule has 96 valence electrons. The van der Waals surface area contributed by atoms with Gasteiger partial charge >= 0.3 is 0 Å². The molecule has 0 aromatic rings. The van der Waals surface area contributed by atoms with Gasteiger partial charge in [0.2, 0.25) is 0 Å². The average molecular weight is 232 g/mol. The first-order chi connectivity index (χ1) is 8.09. The second-order valence-corrected chi connectivity index (χ2v) is 5.76. The summed E-state index contributed by atoms with van der Waals surface area (Å²) < 4.78 is 0. The van der Waals surface area contributed by atoms with Crippen LogP contribution in [0.25, 0.3) is 0 Å². The summed E-state index contributed by atoms with van der Waals surface area (Å²) in [6.45, 7) is 11.1. The summed E-state index contributed by atoms with van der Waals surface area (Å²) in [6.07, 6.45) is 14.6. The van der Waals surface area contributed by atoms with Crippen molar-refractivity contribution in [2.75, 3.05) is 0 Å². The molecule has 0 aliphatic heterocycles. The minimum absolute atomic E-state index is 0.732. The fourth-order valence-electron chi connectivity index (χ4n) is 2.38. The molecule has 0 bridgehead atoms. The van der Waals surface area contributed by atoms with Crippen LogP contribution in [0.1, 0.15) is 59.3 Å². The second-order valence-electron chi connectivity index (χ2n) is 5.76. The van der Waals surface area contributed by atoms with Crippen molar-refractivity contribution in [2.24, 2.45) is 11.8 Å². The molecule has 0 nitrogen and oxygen atoms in total. The summed E-state index contributed by atoms with van der Waals surface area (Å²) in [6, 6.07) is 0. The van der Waals surface area contributed by atoms with Gasteiger partial charge in [-0.2, -0.15) is 0 Å². The van der Waals surface area contributed by atoms with Gasteiger partial charge in [-0.3, -0.25) is 0 Å². The Balaban J connectivity index is 2.64. The molecule has 0 heteroatoms. The molecular formula is C17H28. The van der Waals surface area contributed by atoms with Gasteiger partial charge in [0.25, 0.3) is 0 Å². The van der Waals surface area contributed by atoms with Gasteiger partial charge in [-0.25, -0.2) is 0 Å². The van der Waals surface area contributed by atoms with E-state index >= 15 is 0 Å². The molecule has 1 atom stereocenters. The van der Waals surface area contributed by atoms with E-state index in [1.807, 2.05) is 0 Å². The zero-order valence-corrected chi connectivity index (χ0v) is 11.8. The van der Waals surface area contributed by atoms with Crippen molar-refractivity contribution in [3.05, 3.63) is 36.0 Å². The molecule has 0 spiro atoms. The van der Waals surface area contributed by atoms with Gasteiger partial charge in [0, 0.05) is 0 Å². The lowest BCUT2D eigenvalue weighted by Crippen LogP contribution is -2.05. The van der Waals surface area contributed by atoms with E-state index in [1.165, 1.54) is 31.3 Å². The third-order valence-corrected chi connectivity index (χ3v) is 3.75. The Labute approximate surface area is 108 Å². The molecule has 0 saturated heterocycles. The number of allylic oxidation sites excluding steroid dienone is 5. The van der Waals surface area contributed by atoms with E-state index in [2.05, 4.69) is 45.6 Å². The standard InChI is InChI=1S/C17H28/c1-14(2)17-11-6-5-8-15(3)9-7-10-16(4)12-13-17/h9,12-14,17H,4-8,10-11H2,1-3H3/b13-12-,15-9-. The minimum Gasteiger partial charge on any atom is -0.0958 e. The van der Waals surface area contributed by atoms with Gasteiger partial charge in [-0.05, 0) is 50.9 Å². The summed E-state index contributed by atoms with van der Waals surface area (Å²) in [5, 5.41) is 0. The summed E-state index contributed by atoms with van der Waals surface area (Å²) >= 11 is 0. The van der Waals surface area contributed by atoms with Gasteiger partial charge in [-0.15, -0.1) is 0 Å². The first-order valence-corrected chi connectivity index (χ1v) is 7.11. The normalized spacial score (nSPS) is 29.1. The largest absolute Gasteiger partial charge is 0.0958 e. The van der Waals surface area contributed by atoms with Crippen molar-refractivity contribution in [1.29, 1.82) is 0 Å². The maximum Gasteiger partial charge on any atom is -0.0207 e. The monoisotopic (exact) mass is 232 g/mol. The zero-order valence-electron chi connectivity index (χ0n) is 11.8. The minimum atomic E-state index is 0.732. The van der Waals surface area contributed by atoms with Crippen LogP contribution in [0.15, 0.2) is 36.0 Å². The van der Waals surface area contributed by atoms with Crippen molar-refractivity contribution >= 4 is 0 Å². The number of hydrogen-bond acceptors (Lipinski definition) is 0. The van der Waals surface area contributed by atoms with Gasteiger partial charge in [0.15, 0.2) is 0 Å². The van der Waals surface area contributed by atoms with Crippen LogP contribution < -0.4 is 0 Å². The summed E-state index contributed by atoms with van der Waals surface area (Å²) in [5.41, 5.74) is 2.84. The third-order valence-electron chi connectivity index (χ3n) is 3.75. The van der Waals surface area contributed by atoms with Crippen LogP contribution in [0.5, 0.6) is 0 Å². The molecule has 0 radical (unpaired) electrons. The lowest BCUT2D eigenvalue weighted by molar-refractivity contribution is 0.418. The Bertz CT molecular complexity index is 291. The van der Waals surface area contributed by atoms with E-state index in [0.29, 0.717) is 0 Å². The lowest BCUT2D eigenvalue weighted by atomic mass is 9.88. The molecule has 0 aromatic heterocycles. The first kappa shape index (κ1) is 14.3. The maximum atomic E-state index is 4.14. The predicted octanol–water partition coefficient (Wildman–Crippen LogP) is 5.67. The van der Waals surface area contributed by atoms with Gasteiger partial charge < -0.3 is 0 Å².